The number of hydrogen-bond donors (Lipinski definition) is 0. The van der Waals surface area contributed by atoms with Crippen molar-refractivity contribution < 1.29 is 9.72 Å². The molecular weight excluding hydrogens is 330 g/mol. The Bertz CT molecular complexity index is 924. The first-order valence-electron chi connectivity index (χ1n) is 7.87. The van der Waals surface area contributed by atoms with Crippen molar-refractivity contribution in [2.75, 3.05) is 4.90 Å². The van der Waals surface area contributed by atoms with Crippen LogP contribution >= 0.6 is 0 Å². The number of non-ortho nitro benzene ring substituents is 1. The Morgan fingerprint density at radius 2 is 1.46 bits per heavy atom. The van der Waals surface area contributed by atoms with E-state index in [0.29, 0.717) is 16.9 Å². The van der Waals surface area contributed by atoms with Gasteiger partial charge in [-0.2, -0.15) is 0 Å². The Morgan fingerprint density at radius 3 is 2.04 bits per heavy atom. The van der Waals surface area contributed by atoms with E-state index in [0.717, 1.165) is 0 Å². The zero-order chi connectivity index (χ0) is 18.4. The van der Waals surface area contributed by atoms with E-state index in [-0.39, 0.29) is 11.6 Å². The molecule has 0 unspecified atom stereocenters. The maximum Gasteiger partial charge on any atom is 0.269 e. The molecule has 26 heavy (non-hydrogen) atoms. The van der Waals surface area contributed by atoms with Gasteiger partial charge >= 0.3 is 0 Å². The number of nitro benzene ring substituents is 1. The average molecular weight is 345 g/mol. The molecule has 0 saturated carbocycles. The van der Waals surface area contributed by atoms with Crippen LogP contribution in [-0.2, 0) is 0 Å². The average Bonchev–Trinajstić information content (AvgIpc) is 2.69. The van der Waals surface area contributed by atoms with Crippen LogP contribution in [0.2, 0.25) is 0 Å². The second-order valence-corrected chi connectivity index (χ2v) is 5.39. The van der Waals surface area contributed by atoms with Gasteiger partial charge in [-0.25, -0.2) is 4.99 Å². The second kappa shape index (κ2) is 7.85. The topological polar surface area (TPSA) is 75.8 Å². The Labute approximate surface area is 150 Å². The highest BCUT2D eigenvalue weighted by atomic mass is 16.6. The van der Waals surface area contributed by atoms with E-state index in [1.807, 2.05) is 48.5 Å². The predicted octanol–water partition coefficient (Wildman–Crippen LogP) is 4.60. The highest BCUT2D eigenvalue weighted by Gasteiger charge is 2.17. The van der Waals surface area contributed by atoms with Crippen molar-refractivity contribution >= 4 is 29.3 Å². The number of amides is 1. The summed E-state index contributed by atoms with van der Waals surface area (Å²) in [4.78, 5) is 29.0. The van der Waals surface area contributed by atoms with Gasteiger partial charge in [-0.1, -0.05) is 36.4 Å². The number of nitro groups is 1. The fourth-order valence-electron chi connectivity index (χ4n) is 2.33. The van der Waals surface area contributed by atoms with Crippen LogP contribution in [0.5, 0.6) is 0 Å². The first-order valence-corrected chi connectivity index (χ1v) is 7.87. The lowest BCUT2D eigenvalue weighted by atomic mass is 10.1. The minimum Gasteiger partial charge on any atom is -0.268 e. The third-order valence-corrected chi connectivity index (χ3v) is 3.66. The third-order valence-electron chi connectivity index (χ3n) is 3.66. The summed E-state index contributed by atoms with van der Waals surface area (Å²) in [5.74, 6) is -0.328. The molecular formula is C20H15N3O3. The van der Waals surface area contributed by atoms with Crippen molar-refractivity contribution in [3.63, 3.8) is 0 Å². The maximum absolute atomic E-state index is 12.9. The van der Waals surface area contributed by atoms with Crippen LogP contribution in [0.3, 0.4) is 0 Å². The fourth-order valence-corrected chi connectivity index (χ4v) is 2.33. The van der Waals surface area contributed by atoms with Crippen molar-refractivity contribution in [2.45, 2.75) is 0 Å². The van der Waals surface area contributed by atoms with Gasteiger partial charge in [0.1, 0.15) is 6.34 Å². The molecule has 0 saturated heterocycles. The SMILES string of the molecule is O=C(c1ccc([N+](=O)[O-])cc1)N(C=Nc1ccccc1)c1ccccc1. The van der Waals surface area contributed by atoms with E-state index in [1.165, 1.54) is 35.5 Å². The molecule has 0 aromatic heterocycles. The molecule has 0 radical (unpaired) electrons. The van der Waals surface area contributed by atoms with Crippen LogP contribution in [0.25, 0.3) is 0 Å². The van der Waals surface area contributed by atoms with Crippen molar-refractivity contribution in [1.29, 1.82) is 0 Å². The number of rotatable bonds is 5. The van der Waals surface area contributed by atoms with Crippen LogP contribution < -0.4 is 4.90 Å². The molecule has 3 aromatic rings. The first kappa shape index (κ1) is 17.0. The summed E-state index contributed by atoms with van der Waals surface area (Å²) >= 11 is 0. The molecule has 0 spiro atoms. The van der Waals surface area contributed by atoms with E-state index in [2.05, 4.69) is 4.99 Å². The van der Waals surface area contributed by atoms with E-state index in [4.69, 9.17) is 0 Å². The number of carbonyl (C=O) groups excluding carboxylic acids is 1. The lowest BCUT2D eigenvalue weighted by Gasteiger charge is -2.17. The van der Waals surface area contributed by atoms with Crippen molar-refractivity contribution in [2.24, 2.45) is 4.99 Å². The highest BCUT2D eigenvalue weighted by Crippen LogP contribution is 2.19. The van der Waals surface area contributed by atoms with Crippen LogP contribution in [0.4, 0.5) is 17.1 Å². The molecule has 0 atom stereocenters. The Kier molecular flexibility index (Phi) is 5.14. The maximum atomic E-state index is 12.9. The number of nitrogens with zero attached hydrogens (tertiary/aromatic N) is 3. The van der Waals surface area contributed by atoms with Gasteiger partial charge in [-0.15, -0.1) is 0 Å². The minimum absolute atomic E-state index is 0.0641. The molecule has 6 heteroatoms. The van der Waals surface area contributed by atoms with Gasteiger partial charge in [0.2, 0.25) is 0 Å². The standard InChI is InChI=1S/C20H15N3O3/c24-20(16-11-13-19(14-12-16)23(25)26)22(18-9-5-2-6-10-18)15-21-17-7-3-1-4-8-17/h1-15H. The van der Waals surface area contributed by atoms with Crippen LogP contribution in [0.15, 0.2) is 89.9 Å². The van der Waals surface area contributed by atoms with E-state index in [1.54, 1.807) is 12.1 Å². The predicted molar refractivity (Wildman–Crippen MR) is 101 cm³/mol. The van der Waals surface area contributed by atoms with Crippen LogP contribution in [0.1, 0.15) is 10.4 Å². The molecule has 128 valence electrons. The summed E-state index contributed by atoms with van der Waals surface area (Å²) in [6, 6.07) is 23.8. The number of carbonyl (C=O) groups is 1. The Morgan fingerprint density at radius 1 is 0.885 bits per heavy atom. The number of benzene rings is 3. The summed E-state index contributed by atoms with van der Waals surface area (Å²) in [6.07, 6.45) is 1.45. The normalized spacial score (nSPS) is 10.6. The van der Waals surface area contributed by atoms with Crippen molar-refractivity contribution in [1.82, 2.24) is 0 Å². The van der Waals surface area contributed by atoms with E-state index in [9.17, 15) is 14.9 Å². The van der Waals surface area contributed by atoms with Gasteiger partial charge in [0.25, 0.3) is 11.6 Å². The van der Waals surface area contributed by atoms with Gasteiger partial charge in [-0.3, -0.25) is 19.8 Å². The summed E-state index contributed by atoms with van der Waals surface area (Å²) < 4.78 is 0. The summed E-state index contributed by atoms with van der Waals surface area (Å²) in [5, 5.41) is 10.8. The minimum atomic E-state index is -0.500. The van der Waals surface area contributed by atoms with Gasteiger partial charge in [-0.05, 0) is 36.4 Å². The molecule has 0 aliphatic carbocycles. The second-order valence-electron chi connectivity index (χ2n) is 5.39. The molecule has 0 fully saturated rings. The first-order chi connectivity index (χ1) is 12.6. The molecule has 1 amide bonds. The van der Waals surface area contributed by atoms with E-state index < -0.39 is 4.92 Å². The number of hydrogen-bond acceptors (Lipinski definition) is 4. The lowest BCUT2D eigenvalue weighted by molar-refractivity contribution is -0.384. The molecule has 3 aromatic carbocycles. The van der Waals surface area contributed by atoms with E-state index >= 15 is 0 Å². The summed E-state index contributed by atoms with van der Waals surface area (Å²) in [6.45, 7) is 0. The summed E-state index contributed by atoms with van der Waals surface area (Å²) in [5.41, 5.74) is 1.63. The zero-order valence-electron chi connectivity index (χ0n) is 13.7. The molecule has 0 heterocycles. The molecule has 0 bridgehead atoms. The van der Waals surface area contributed by atoms with Gasteiger partial charge < -0.3 is 0 Å². The molecule has 3 rings (SSSR count). The van der Waals surface area contributed by atoms with Gasteiger partial charge in [0, 0.05) is 17.7 Å². The molecule has 0 aliphatic rings. The highest BCUT2D eigenvalue weighted by molar-refractivity contribution is 6.16. The largest absolute Gasteiger partial charge is 0.269 e. The van der Waals surface area contributed by atoms with Crippen LogP contribution in [0, 0.1) is 10.1 Å². The lowest BCUT2D eigenvalue weighted by Crippen LogP contribution is -2.29. The molecule has 0 aliphatic heterocycles. The third kappa shape index (κ3) is 3.99. The zero-order valence-corrected chi connectivity index (χ0v) is 13.7. The quantitative estimate of drug-likeness (QED) is 0.293. The van der Waals surface area contributed by atoms with Crippen molar-refractivity contribution in [3.8, 4) is 0 Å². The van der Waals surface area contributed by atoms with Crippen LogP contribution in [-0.4, -0.2) is 17.2 Å². The number of aliphatic imine (C=N–C) groups is 1. The number of para-hydroxylation sites is 2. The summed E-state index contributed by atoms with van der Waals surface area (Å²) in [7, 11) is 0. The molecule has 6 nitrogen and oxygen atoms in total. The van der Waals surface area contributed by atoms with Crippen molar-refractivity contribution in [3.05, 3.63) is 101 Å². The number of anilines is 1. The van der Waals surface area contributed by atoms with Gasteiger partial charge in [0.15, 0.2) is 0 Å². The Hall–Kier alpha value is -3.80. The fraction of sp³-hybridized carbons (Fsp3) is 0. The monoisotopic (exact) mass is 345 g/mol. The van der Waals surface area contributed by atoms with Gasteiger partial charge in [0.05, 0.1) is 16.3 Å². The Balaban J connectivity index is 1.93. The molecule has 0 N–H and O–H groups in total. The smallest absolute Gasteiger partial charge is 0.268 e.